The first-order valence-corrected chi connectivity index (χ1v) is 13.9. The van der Waals surface area contributed by atoms with Crippen LogP contribution in [0.3, 0.4) is 0 Å². The van der Waals surface area contributed by atoms with Crippen LogP contribution >= 0.6 is 23.4 Å². The topological polar surface area (TPSA) is 66.0 Å². The molecule has 2 fully saturated rings. The Morgan fingerprint density at radius 1 is 1.11 bits per heavy atom. The average molecular weight is 571 g/mol. The first-order chi connectivity index (χ1) is 18.2. The predicted molar refractivity (Wildman–Crippen MR) is 139 cm³/mol. The van der Waals surface area contributed by atoms with Gasteiger partial charge in [0.1, 0.15) is 11.1 Å². The molecule has 2 aliphatic heterocycles. The molecule has 38 heavy (non-hydrogen) atoms. The van der Waals surface area contributed by atoms with Crippen molar-refractivity contribution in [2.75, 3.05) is 45.0 Å². The number of pyridine rings is 1. The van der Waals surface area contributed by atoms with Gasteiger partial charge in [-0.3, -0.25) is 14.6 Å². The highest BCUT2D eigenvalue weighted by Gasteiger charge is 2.48. The first kappa shape index (κ1) is 28.7. The molecule has 1 aromatic heterocycles. The Kier molecular flexibility index (Phi) is 9.56. The van der Waals surface area contributed by atoms with E-state index in [4.69, 9.17) is 16.3 Å². The molecular weight excluding hydrogens is 541 g/mol. The van der Waals surface area contributed by atoms with Crippen molar-refractivity contribution in [1.82, 2.24) is 19.7 Å². The largest absolute Gasteiger partial charge is 0.490 e. The maximum atomic E-state index is 13.4. The molecule has 3 heterocycles. The van der Waals surface area contributed by atoms with Crippen molar-refractivity contribution in [3.8, 4) is 0 Å². The molecule has 2 aliphatic rings. The van der Waals surface area contributed by atoms with E-state index in [0.717, 1.165) is 24.3 Å². The van der Waals surface area contributed by atoms with Crippen LogP contribution in [-0.2, 0) is 16.1 Å². The molecule has 0 unspecified atom stereocenters. The van der Waals surface area contributed by atoms with Gasteiger partial charge in [0.2, 0.25) is 0 Å². The molecule has 0 N–H and O–H groups in total. The Morgan fingerprint density at radius 2 is 1.82 bits per heavy atom. The van der Waals surface area contributed by atoms with Gasteiger partial charge in [0.15, 0.2) is 0 Å². The number of carbonyl (C=O) groups excluding carboxylic acids is 2. The molecule has 2 saturated heterocycles. The Morgan fingerprint density at radius 3 is 2.47 bits per heavy atom. The monoisotopic (exact) mass is 570 g/mol. The van der Waals surface area contributed by atoms with E-state index in [1.807, 2.05) is 36.1 Å². The molecule has 0 spiro atoms. The second-order valence-electron chi connectivity index (χ2n) is 9.36. The van der Waals surface area contributed by atoms with Crippen LogP contribution in [0.4, 0.5) is 13.2 Å². The number of piperazine rings is 1. The fourth-order valence-corrected chi connectivity index (χ4v) is 5.70. The van der Waals surface area contributed by atoms with Crippen LogP contribution < -0.4 is 0 Å². The number of ether oxygens (including phenoxy) is 1. The lowest BCUT2D eigenvalue weighted by Crippen LogP contribution is -2.54. The van der Waals surface area contributed by atoms with Crippen molar-refractivity contribution in [3.05, 3.63) is 58.7 Å². The summed E-state index contributed by atoms with van der Waals surface area (Å²) in [6.45, 7) is 5.33. The van der Waals surface area contributed by atoms with Gasteiger partial charge in [0.05, 0.1) is 18.2 Å². The summed E-state index contributed by atoms with van der Waals surface area (Å²) in [5.41, 5.74) is 1.52. The number of likely N-dealkylation sites (tertiary alicyclic amines) is 1. The number of thioether (sulfide) groups is 1. The summed E-state index contributed by atoms with van der Waals surface area (Å²) in [4.78, 5) is 35.3. The number of hydrogen-bond acceptors (Lipinski definition) is 7. The minimum Gasteiger partial charge on any atom is -0.452 e. The summed E-state index contributed by atoms with van der Waals surface area (Å²) >= 11 is 7.43. The molecule has 0 bridgehead atoms. The van der Waals surface area contributed by atoms with Crippen LogP contribution in [0.15, 0.2) is 47.6 Å². The highest BCUT2D eigenvalue weighted by Crippen LogP contribution is 2.28. The first-order valence-electron chi connectivity index (χ1n) is 12.5. The zero-order chi connectivity index (χ0) is 27.3. The standard InChI is InChI=1S/C26H30ClF3N4O3S/c1-2-14-38-23-20(4-3-9-31-23)24(35)34-16-21(22(17-34)37-25(36)26(28,29)30)33-12-10-32(11-13-33)15-18-5-7-19(27)8-6-18/h3-9,21-22H,2,10-17H2,1H3/t21-,22-/m0/s1. The van der Waals surface area contributed by atoms with Crippen molar-refractivity contribution in [2.45, 2.75) is 43.2 Å². The van der Waals surface area contributed by atoms with Crippen LogP contribution in [0.1, 0.15) is 29.3 Å². The number of hydrogen-bond donors (Lipinski definition) is 0. The second-order valence-corrected chi connectivity index (χ2v) is 10.9. The van der Waals surface area contributed by atoms with E-state index in [9.17, 15) is 22.8 Å². The molecule has 0 radical (unpaired) electrons. The van der Waals surface area contributed by atoms with Crippen molar-refractivity contribution >= 4 is 35.2 Å². The van der Waals surface area contributed by atoms with Crippen molar-refractivity contribution in [1.29, 1.82) is 0 Å². The third-order valence-corrected chi connectivity index (χ3v) is 8.12. The van der Waals surface area contributed by atoms with E-state index in [1.54, 1.807) is 18.3 Å². The number of esters is 1. The highest BCUT2D eigenvalue weighted by molar-refractivity contribution is 7.99. The summed E-state index contributed by atoms with van der Waals surface area (Å²) in [6, 6.07) is 10.4. The Hall–Kier alpha value is -2.34. The van der Waals surface area contributed by atoms with Crippen LogP contribution in [-0.4, -0.2) is 94.9 Å². The molecule has 0 aliphatic carbocycles. The van der Waals surface area contributed by atoms with E-state index in [-0.39, 0.29) is 19.0 Å². The highest BCUT2D eigenvalue weighted by atomic mass is 35.5. The van der Waals surface area contributed by atoms with E-state index < -0.39 is 24.3 Å². The number of carbonyl (C=O) groups is 2. The zero-order valence-corrected chi connectivity index (χ0v) is 22.6. The minimum atomic E-state index is -5.10. The van der Waals surface area contributed by atoms with Crippen molar-refractivity contribution < 1.29 is 27.5 Å². The molecule has 0 saturated carbocycles. The fraction of sp³-hybridized carbons (Fsp3) is 0.500. The molecule has 2 aromatic rings. The third-order valence-electron chi connectivity index (χ3n) is 6.65. The van der Waals surface area contributed by atoms with Gasteiger partial charge in [0.25, 0.3) is 5.91 Å². The lowest BCUT2D eigenvalue weighted by molar-refractivity contribution is -0.206. The summed E-state index contributed by atoms with van der Waals surface area (Å²) in [6.07, 6.45) is -3.68. The average Bonchev–Trinajstić information content (AvgIpc) is 3.32. The summed E-state index contributed by atoms with van der Waals surface area (Å²) in [5, 5.41) is 1.25. The van der Waals surface area contributed by atoms with E-state index in [0.29, 0.717) is 41.8 Å². The lowest BCUT2D eigenvalue weighted by Gasteiger charge is -2.39. The van der Waals surface area contributed by atoms with Crippen molar-refractivity contribution in [3.63, 3.8) is 0 Å². The van der Waals surface area contributed by atoms with Crippen LogP contribution in [0.25, 0.3) is 0 Å². The number of aromatic nitrogens is 1. The molecule has 2 atom stereocenters. The Bertz CT molecular complexity index is 1110. The Balaban J connectivity index is 1.46. The van der Waals surface area contributed by atoms with E-state index in [1.165, 1.54) is 16.7 Å². The second kappa shape index (κ2) is 12.7. The molecule has 12 heteroatoms. The quantitative estimate of drug-likeness (QED) is 0.345. The molecule has 1 aromatic carbocycles. The molecule has 1 amide bonds. The van der Waals surface area contributed by atoms with Gasteiger partial charge < -0.3 is 9.64 Å². The van der Waals surface area contributed by atoms with Gasteiger partial charge in [-0.2, -0.15) is 13.2 Å². The summed E-state index contributed by atoms with van der Waals surface area (Å²) in [7, 11) is 0. The van der Waals surface area contributed by atoms with Gasteiger partial charge >= 0.3 is 12.1 Å². The maximum Gasteiger partial charge on any atom is 0.490 e. The smallest absolute Gasteiger partial charge is 0.452 e. The number of rotatable bonds is 8. The number of benzene rings is 1. The number of alkyl halides is 3. The predicted octanol–water partition coefficient (Wildman–Crippen LogP) is 4.35. The number of halogens is 4. The molecular formula is C26H30ClF3N4O3S. The summed E-state index contributed by atoms with van der Waals surface area (Å²) < 4.78 is 44.1. The zero-order valence-electron chi connectivity index (χ0n) is 21.0. The number of amides is 1. The van der Waals surface area contributed by atoms with Crippen LogP contribution in [0.5, 0.6) is 0 Å². The molecule has 4 rings (SSSR count). The maximum absolute atomic E-state index is 13.4. The SMILES string of the molecule is CCCSc1ncccc1C(=O)N1C[C@H](OC(=O)C(F)(F)F)[C@@H](N2CCN(Cc3ccc(Cl)cc3)CC2)C1. The van der Waals surface area contributed by atoms with Gasteiger partial charge in [-0.15, -0.1) is 11.8 Å². The fourth-order valence-electron chi connectivity index (χ4n) is 4.73. The van der Waals surface area contributed by atoms with Gasteiger partial charge in [-0.1, -0.05) is 30.7 Å². The summed E-state index contributed by atoms with van der Waals surface area (Å²) in [5.74, 6) is -1.77. The molecule has 206 valence electrons. The normalized spacial score (nSPS) is 21.0. The molecule has 7 nitrogen and oxygen atoms in total. The Labute approximate surface area is 229 Å². The van der Waals surface area contributed by atoms with E-state index in [2.05, 4.69) is 9.88 Å². The number of nitrogens with zero attached hydrogens (tertiary/aromatic N) is 4. The van der Waals surface area contributed by atoms with Crippen molar-refractivity contribution in [2.24, 2.45) is 0 Å². The van der Waals surface area contributed by atoms with Crippen LogP contribution in [0, 0.1) is 0 Å². The minimum absolute atomic E-state index is 0.108. The third kappa shape index (κ3) is 7.19. The lowest BCUT2D eigenvalue weighted by atomic mass is 10.1. The van der Waals surface area contributed by atoms with Gasteiger partial charge in [0, 0.05) is 50.5 Å². The van der Waals surface area contributed by atoms with Crippen LogP contribution in [0.2, 0.25) is 5.02 Å². The van der Waals surface area contributed by atoms with Gasteiger partial charge in [-0.05, 0) is 42.0 Å². The van der Waals surface area contributed by atoms with E-state index >= 15 is 0 Å². The van der Waals surface area contributed by atoms with Gasteiger partial charge in [-0.25, -0.2) is 9.78 Å².